The number of rotatable bonds is 9. The number of hydrogen-bond acceptors (Lipinski definition) is 11. The van der Waals surface area contributed by atoms with E-state index in [1.54, 1.807) is 26.0 Å². The van der Waals surface area contributed by atoms with Crippen LogP contribution in [0.3, 0.4) is 0 Å². The van der Waals surface area contributed by atoms with Gasteiger partial charge in [-0.2, -0.15) is 9.29 Å². The van der Waals surface area contributed by atoms with E-state index in [9.17, 15) is 38.9 Å². The van der Waals surface area contributed by atoms with E-state index in [1.165, 1.54) is 4.57 Å². The fourth-order valence-corrected chi connectivity index (χ4v) is 4.82. The van der Waals surface area contributed by atoms with Crippen molar-refractivity contribution in [2.24, 2.45) is 0 Å². The number of phosphoric ester groups is 1. The molecule has 0 saturated heterocycles. The van der Waals surface area contributed by atoms with Crippen molar-refractivity contribution in [2.45, 2.75) is 38.7 Å². The molecule has 0 fully saturated rings. The highest BCUT2D eigenvalue weighted by Gasteiger charge is 2.35. The van der Waals surface area contributed by atoms with Gasteiger partial charge in [0.15, 0.2) is 11.5 Å². The molecule has 35 heavy (non-hydrogen) atoms. The quantitative estimate of drug-likeness (QED) is 0.121. The van der Waals surface area contributed by atoms with Crippen molar-refractivity contribution in [1.29, 1.82) is 0 Å². The molecule has 0 spiro atoms. The fourth-order valence-electron chi connectivity index (χ4n) is 3.21. The first-order valence-electron chi connectivity index (χ1n) is 9.78. The lowest BCUT2D eigenvalue weighted by Gasteiger charge is -2.26. The van der Waals surface area contributed by atoms with E-state index in [4.69, 9.17) is 9.79 Å². The summed E-state index contributed by atoms with van der Waals surface area (Å²) in [5, 5.41) is 30.9. The molecule has 192 valence electrons. The van der Waals surface area contributed by atoms with Crippen molar-refractivity contribution in [3.05, 3.63) is 44.1 Å². The zero-order chi connectivity index (χ0) is 26.3. The minimum Gasteiger partial charge on any atom is -0.388 e. The largest absolute Gasteiger partial charge is 0.481 e. The number of aromatic nitrogens is 4. The summed E-state index contributed by atoms with van der Waals surface area (Å²) in [6.07, 6.45) is -5.87. The van der Waals surface area contributed by atoms with Gasteiger partial charge >= 0.3 is 21.3 Å². The molecular formula is C17H22N4O12P2. The molecule has 16 nitrogen and oxygen atoms in total. The summed E-state index contributed by atoms with van der Waals surface area (Å²) in [6, 6.07) is 3.32. The Morgan fingerprint density at radius 2 is 1.66 bits per heavy atom. The first-order valence-corrected chi connectivity index (χ1v) is 12.8. The number of H-pyrrole nitrogens is 1. The fraction of sp³-hybridized carbons (Fsp3) is 0.412. The van der Waals surface area contributed by atoms with Gasteiger partial charge in [-0.05, 0) is 37.1 Å². The second-order valence-corrected chi connectivity index (χ2v) is 10.5. The molecule has 18 heteroatoms. The zero-order valence-corrected chi connectivity index (χ0v) is 20.0. The Bertz CT molecular complexity index is 1430. The average molecular weight is 536 g/mol. The van der Waals surface area contributed by atoms with E-state index in [-0.39, 0.29) is 11.5 Å². The summed E-state index contributed by atoms with van der Waals surface area (Å²) in [4.78, 5) is 60.6. The summed E-state index contributed by atoms with van der Waals surface area (Å²) in [6.45, 7) is 1.91. The highest BCUT2D eigenvalue weighted by Crippen LogP contribution is 2.57. The van der Waals surface area contributed by atoms with E-state index in [0.29, 0.717) is 11.0 Å². The van der Waals surface area contributed by atoms with Gasteiger partial charge in [0.05, 0.1) is 24.2 Å². The van der Waals surface area contributed by atoms with Gasteiger partial charge in [0.1, 0.15) is 18.3 Å². The molecule has 4 atom stereocenters. The van der Waals surface area contributed by atoms with Crippen LogP contribution in [0.25, 0.3) is 22.6 Å². The third-order valence-electron chi connectivity index (χ3n) is 5.00. The molecule has 2 aliphatic rings. The number of nitrogens with zero attached hydrogens (tertiary/aromatic N) is 3. The predicted molar refractivity (Wildman–Crippen MR) is 117 cm³/mol. The second-order valence-electron chi connectivity index (χ2n) is 7.65. The second kappa shape index (κ2) is 9.95. The van der Waals surface area contributed by atoms with Crippen molar-refractivity contribution in [3.63, 3.8) is 0 Å². The number of aliphatic hydroxyl groups excluding tert-OH is 3. The van der Waals surface area contributed by atoms with Crippen molar-refractivity contribution >= 4 is 26.7 Å². The SMILES string of the molecule is Cc1cc2nc3c(=O)[nH]c(=O)nc-3n(C[C@H](O)[C@H](O)[C@H](O)COP(=O)(O)OP(=O)(O)O)c2cc1C. The summed E-state index contributed by atoms with van der Waals surface area (Å²) < 4.78 is 31.3. The number of fused-ring (bicyclic) bond motifs is 2. The molecule has 0 amide bonds. The van der Waals surface area contributed by atoms with Crippen molar-refractivity contribution < 1.29 is 48.0 Å². The van der Waals surface area contributed by atoms with E-state index in [1.807, 2.05) is 4.98 Å². The van der Waals surface area contributed by atoms with Gasteiger partial charge in [-0.15, -0.1) is 0 Å². The minimum atomic E-state index is -5.40. The molecule has 1 aromatic rings. The smallest absolute Gasteiger partial charge is 0.388 e. The van der Waals surface area contributed by atoms with Crippen molar-refractivity contribution in [1.82, 2.24) is 19.5 Å². The van der Waals surface area contributed by atoms with Crippen LogP contribution in [0.2, 0.25) is 0 Å². The summed E-state index contributed by atoms with van der Waals surface area (Å²) >= 11 is 0. The lowest BCUT2D eigenvalue weighted by Crippen LogP contribution is -2.42. The van der Waals surface area contributed by atoms with Crippen LogP contribution in [-0.2, 0) is 24.5 Å². The zero-order valence-electron chi connectivity index (χ0n) is 18.2. The number of nitrogens with one attached hydrogen (secondary N) is 1. The molecule has 3 rings (SSSR count). The topological polar surface area (TPSA) is 255 Å². The number of phosphoric acid groups is 2. The van der Waals surface area contributed by atoms with Crippen LogP contribution in [0.1, 0.15) is 11.1 Å². The number of aryl methyl sites for hydroxylation is 2. The van der Waals surface area contributed by atoms with E-state index in [2.05, 4.69) is 18.8 Å². The van der Waals surface area contributed by atoms with Gasteiger partial charge < -0.3 is 34.6 Å². The Balaban J connectivity index is 1.93. The summed E-state index contributed by atoms with van der Waals surface area (Å²) in [5.74, 6) is -0.207. The maximum Gasteiger partial charge on any atom is 0.481 e. The predicted octanol–water partition coefficient (Wildman–Crippen LogP) is -1.49. The van der Waals surface area contributed by atoms with Crippen LogP contribution in [0.5, 0.6) is 0 Å². The third-order valence-corrected chi connectivity index (χ3v) is 7.15. The summed E-state index contributed by atoms with van der Waals surface area (Å²) in [5.41, 5.74) is 0.251. The molecule has 0 saturated carbocycles. The van der Waals surface area contributed by atoms with Crippen LogP contribution >= 0.6 is 15.6 Å². The van der Waals surface area contributed by atoms with Gasteiger partial charge in [-0.25, -0.2) is 18.9 Å². The Labute approximate surface area is 195 Å². The van der Waals surface area contributed by atoms with E-state index in [0.717, 1.165) is 11.1 Å². The Kier molecular flexibility index (Phi) is 7.74. The third kappa shape index (κ3) is 6.45. The van der Waals surface area contributed by atoms with Crippen LogP contribution in [0.4, 0.5) is 0 Å². The molecule has 0 aromatic heterocycles. The van der Waals surface area contributed by atoms with Gasteiger partial charge in [0.25, 0.3) is 5.56 Å². The number of aliphatic hydroxyl groups is 3. The lowest BCUT2D eigenvalue weighted by atomic mass is 10.1. The monoisotopic (exact) mass is 536 g/mol. The molecule has 1 unspecified atom stereocenters. The summed E-state index contributed by atoms with van der Waals surface area (Å²) in [7, 11) is -10.7. The normalized spacial score (nSPS) is 16.8. The highest BCUT2D eigenvalue weighted by molar-refractivity contribution is 7.60. The molecule has 2 heterocycles. The minimum absolute atomic E-state index is 0.207. The van der Waals surface area contributed by atoms with Crippen molar-refractivity contribution in [2.75, 3.05) is 6.61 Å². The van der Waals surface area contributed by atoms with Gasteiger partial charge in [0, 0.05) is 0 Å². The molecule has 0 radical (unpaired) electrons. The van der Waals surface area contributed by atoms with Crippen LogP contribution in [0, 0.1) is 13.8 Å². The van der Waals surface area contributed by atoms with Crippen molar-refractivity contribution in [3.8, 4) is 11.5 Å². The number of benzene rings is 1. The molecule has 0 bridgehead atoms. The lowest BCUT2D eigenvalue weighted by molar-refractivity contribution is -0.0792. The van der Waals surface area contributed by atoms with Crippen LogP contribution in [-0.4, -0.2) is 74.4 Å². The maximum atomic E-state index is 12.3. The molecule has 2 aliphatic heterocycles. The molecular weight excluding hydrogens is 514 g/mol. The Morgan fingerprint density at radius 3 is 2.29 bits per heavy atom. The van der Waals surface area contributed by atoms with Gasteiger partial charge in [0.2, 0.25) is 0 Å². The average Bonchev–Trinajstić information content (AvgIpc) is 2.71. The first-order chi connectivity index (χ1) is 16.1. The number of aromatic amines is 1. The molecule has 7 N–H and O–H groups in total. The number of hydrogen-bond donors (Lipinski definition) is 7. The molecule has 0 aliphatic carbocycles. The molecule has 1 aromatic carbocycles. The Morgan fingerprint density at radius 1 is 1.03 bits per heavy atom. The van der Waals surface area contributed by atoms with E-state index >= 15 is 0 Å². The highest BCUT2D eigenvalue weighted by atomic mass is 31.3. The van der Waals surface area contributed by atoms with Gasteiger partial charge in [-0.3, -0.25) is 14.3 Å². The maximum absolute atomic E-state index is 12.3. The van der Waals surface area contributed by atoms with Crippen LogP contribution < -0.4 is 11.2 Å². The Hall–Kier alpha value is -2.36. The van der Waals surface area contributed by atoms with E-state index < -0.39 is 58.4 Å². The standard InChI is InChI=1S/C17H22N4O12P2/c1-7-3-9-10(4-8(7)2)21(15-13(18-9)16(25)20-17(26)19-15)5-11(22)14(24)12(23)6-32-35(30,31)33-34(27,28)29/h3-4,11-12,14,22-24H,5-6H2,1-2H3,(H,30,31)(H,20,25,26)(H2,27,28,29)/t11-,12+,14-/m0/s1. The van der Waals surface area contributed by atoms with Gasteiger partial charge in [-0.1, -0.05) is 0 Å². The first kappa shape index (κ1) is 27.2. The van der Waals surface area contributed by atoms with Crippen LogP contribution in [0.15, 0.2) is 21.7 Å².